The van der Waals surface area contributed by atoms with Crippen molar-refractivity contribution in [2.24, 2.45) is 0 Å². The lowest BCUT2D eigenvalue weighted by Crippen LogP contribution is -2.48. The van der Waals surface area contributed by atoms with Crippen molar-refractivity contribution < 1.29 is 27.9 Å². The van der Waals surface area contributed by atoms with E-state index in [1.807, 2.05) is 6.92 Å². The number of carbonyl (C=O) groups excluding carboxylic acids is 2. The number of nitrogens with one attached hydrogen (secondary N) is 1. The predicted molar refractivity (Wildman–Crippen MR) is 108 cm³/mol. The lowest BCUT2D eigenvalue weighted by atomic mass is 10.1. The number of hydrogen-bond acceptors (Lipinski definition) is 6. The topological polar surface area (TPSA) is 113 Å². The largest absolute Gasteiger partial charge is 0.451 e. The van der Waals surface area contributed by atoms with Crippen LogP contribution in [0, 0.1) is 13.8 Å². The summed E-state index contributed by atoms with van der Waals surface area (Å²) in [4.78, 5) is 24.9. The van der Waals surface area contributed by atoms with E-state index >= 15 is 0 Å². The second-order valence-corrected chi connectivity index (χ2v) is 10.4. The van der Waals surface area contributed by atoms with Crippen LogP contribution in [0.5, 0.6) is 0 Å². The first-order chi connectivity index (χ1) is 13.2. The average molecular weight is 427 g/mol. The van der Waals surface area contributed by atoms with Crippen molar-refractivity contribution in [1.82, 2.24) is 9.62 Å². The quantitative estimate of drug-likeness (QED) is 0.686. The maximum absolute atomic E-state index is 13.1. The van der Waals surface area contributed by atoms with Gasteiger partial charge < -0.3 is 15.2 Å². The molecule has 0 spiro atoms. The standard InChI is InChI=1S/C20H30N2O6S/c1-12-7-8-16(9-13(12)2)29(26,27)22-11-15(23)10-17(22)19(25)28-14(3)18(24)21-20(4,5)6/h7-9,14-15,17,23H,10-11H2,1-6H3,(H,21,24)/t14-,15-,17+/m1/s1. The third-order valence-corrected chi connectivity index (χ3v) is 6.62. The number of aliphatic hydroxyl groups is 1. The second-order valence-electron chi connectivity index (χ2n) is 8.54. The average Bonchev–Trinajstić information content (AvgIpc) is 2.98. The van der Waals surface area contributed by atoms with Gasteiger partial charge in [-0.1, -0.05) is 6.07 Å². The summed E-state index contributed by atoms with van der Waals surface area (Å²) in [5.41, 5.74) is 1.25. The van der Waals surface area contributed by atoms with Gasteiger partial charge in [-0.15, -0.1) is 0 Å². The molecule has 1 aromatic rings. The molecule has 0 unspecified atom stereocenters. The van der Waals surface area contributed by atoms with E-state index in [9.17, 15) is 23.1 Å². The highest BCUT2D eigenvalue weighted by molar-refractivity contribution is 7.89. The van der Waals surface area contributed by atoms with Gasteiger partial charge in [-0.2, -0.15) is 4.31 Å². The molecule has 1 aliphatic heterocycles. The van der Waals surface area contributed by atoms with E-state index in [0.29, 0.717) is 0 Å². The van der Waals surface area contributed by atoms with Gasteiger partial charge in [0, 0.05) is 18.5 Å². The van der Waals surface area contributed by atoms with E-state index < -0.39 is 45.7 Å². The number of hydrogen-bond donors (Lipinski definition) is 2. The second kappa shape index (κ2) is 8.41. The van der Waals surface area contributed by atoms with E-state index in [4.69, 9.17) is 4.74 Å². The minimum atomic E-state index is -4.02. The van der Waals surface area contributed by atoms with Crippen LogP contribution in [-0.4, -0.2) is 60.0 Å². The maximum atomic E-state index is 13.1. The molecule has 1 amide bonds. The first-order valence-corrected chi connectivity index (χ1v) is 11.0. The maximum Gasteiger partial charge on any atom is 0.325 e. The molecule has 9 heteroatoms. The van der Waals surface area contributed by atoms with Crippen molar-refractivity contribution in [2.75, 3.05) is 6.54 Å². The summed E-state index contributed by atoms with van der Waals surface area (Å²) in [7, 11) is -4.02. The summed E-state index contributed by atoms with van der Waals surface area (Å²) in [5, 5.41) is 12.7. The van der Waals surface area contributed by atoms with Crippen LogP contribution in [0.3, 0.4) is 0 Å². The van der Waals surface area contributed by atoms with Crippen LogP contribution in [0.2, 0.25) is 0 Å². The lowest BCUT2D eigenvalue weighted by molar-refractivity contribution is -0.158. The Morgan fingerprint density at radius 2 is 1.86 bits per heavy atom. The van der Waals surface area contributed by atoms with Crippen LogP contribution in [0.4, 0.5) is 0 Å². The Morgan fingerprint density at radius 3 is 2.41 bits per heavy atom. The van der Waals surface area contributed by atoms with Crippen LogP contribution in [0.1, 0.15) is 45.2 Å². The molecule has 1 aromatic carbocycles. The van der Waals surface area contributed by atoms with Gasteiger partial charge >= 0.3 is 5.97 Å². The van der Waals surface area contributed by atoms with Gasteiger partial charge in [0.25, 0.3) is 5.91 Å². The van der Waals surface area contributed by atoms with E-state index in [2.05, 4.69) is 5.32 Å². The van der Waals surface area contributed by atoms with E-state index in [1.165, 1.54) is 19.1 Å². The number of nitrogens with zero attached hydrogens (tertiary/aromatic N) is 1. The highest BCUT2D eigenvalue weighted by Crippen LogP contribution is 2.28. The fourth-order valence-corrected chi connectivity index (χ4v) is 4.76. The number of aryl methyl sites for hydroxylation is 2. The molecule has 0 saturated carbocycles. The monoisotopic (exact) mass is 426 g/mol. The molecule has 0 bridgehead atoms. The van der Waals surface area contributed by atoms with Gasteiger partial charge in [0.1, 0.15) is 6.04 Å². The van der Waals surface area contributed by atoms with Crippen molar-refractivity contribution in [1.29, 1.82) is 0 Å². The van der Waals surface area contributed by atoms with Crippen LogP contribution in [0.25, 0.3) is 0 Å². The first-order valence-electron chi connectivity index (χ1n) is 9.52. The van der Waals surface area contributed by atoms with Crippen molar-refractivity contribution in [2.45, 2.75) is 76.6 Å². The van der Waals surface area contributed by atoms with Gasteiger partial charge in [0.2, 0.25) is 10.0 Å². The molecule has 8 nitrogen and oxygen atoms in total. The summed E-state index contributed by atoms with van der Waals surface area (Å²) in [6.07, 6.45) is -2.17. The molecule has 0 aromatic heterocycles. The number of carbonyl (C=O) groups is 2. The Bertz CT molecular complexity index is 891. The Labute approximate surface area is 172 Å². The lowest BCUT2D eigenvalue weighted by Gasteiger charge is -2.26. The zero-order valence-electron chi connectivity index (χ0n) is 17.7. The molecule has 2 N–H and O–H groups in total. The molecular weight excluding hydrogens is 396 g/mol. The van der Waals surface area contributed by atoms with Crippen LogP contribution in [-0.2, 0) is 24.3 Å². The van der Waals surface area contributed by atoms with Crippen molar-refractivity contribution in [3.05, 3.63) is 29.3 Å². The smallest absolute Gasteiger partial charge is 0.325 e. The SMILES string of the molecule is Cc1ccc(S(=O)(=O)N2C[C@H](O)C[C@H]2C(=O)O[C@H](C)C(=O)NC(C)(C)C)cc1C. The highest BCUT2D eigenvalue weighted by Gasteiger charge is 2.45. The zero-order valence-corrected chi connectivity index (χ0v) is 18.5. The number of benzene rings is 1. The van der Waals surface area contributed by atoms with Gasteiger partial charge in [-0.25, -0.2) is 8.42 Å². The van der Waals surface area contributed by atoms with E-state index in [0.717, 1.165) is 15.4 Å². The number of ether oxygens (including phenoxy) is 1. The van der Waals surface area contributed by atoms with E-state index in [-0.39, 0.29) is 17.9 Å². The zero-order chi connectivity index (χ0) is 22.1. The Hall–Kier alpha value is -1.97. The van der Waals surface area contributed by atoms with Crippen molar-refractivity contribution >= 4 is 21.9 Å². The van der Waals surface area contributed by atoms with Crippen LogP contribution >= 0.6 is 0 Å². The van der Waals surface area contributed by atoms with Crippen LogP contribution in [0.15, 0.2) is 23.1 Å². The van der Waals surface area contributed by atoms with Gasteiger partial charge in [-0.3, -0.25) is 9.59 Å². The number of esters is 1. The van der Waals surface area contributed by atoms with Crippen LogP contribution < -0.4 is 5.32 Å². The number of aliphatic hydroxyl groups excluding tert-OH is 1. The Balaban J connectivity index is 2.22. The highest BCUT2D eigenvalue weighted by atomic mass is 32.2. The molecule has 29 heavy (non-hydrogen) atoms. The van der Waals surface area contributed by atoms with Gasteiger partial charge in [0.15, 0.2) is 6.10 Å². The molecule has 1 fully saturated rings. The third kappa shape index (κ3) is 5.55. The minimum Gasteiger partial charge on any atom is -0.451 e. The predicted octanol–water partition coefficient (Wildman–Crippen LogP) is 1.27. The molecule has 2 rings (SSSR count). The number of β-amino-alcohol motifs (C(OH)–C–C–N with tert-alkyl or cyclic N) is 1. The Kier molecular flexibility index (Phi) is 6.76. The number of rotatable bonds is 5. The number of sulfonamides is 1. The summed E-state index contributed by atoms with van der Waals surface area (Å²) < 4.78 is 32.4. The summed E-state index contributed by atoms with van der Waals surface area (Å²) in [6, 6.07) is 3.52. The minimum absolute atomic E-state index is 0.0472. The number of amides is 1. The normalized spacial score (nSPS) is 21.6. The summed E-state index contributed by atoms with van der Waals surface area (Å²) >= 11 is 0. The Morgan fingerprint density at radius 1 is 1.24 bits per heavy atom. The third-order valence-electron chi connectivity index (χ3n) is 4.75. The van der Waals surface area contributed by atoms with Crippen molar-refractivity contribution in [3.8, 4) is 0 Å². The molecule has 0 radical (unpaired) electrons. The van der Waals surface area contributed by atoms with Crippen molar-refractivity contribution in [3.63, 3.8) is 0 Å². The molecular formula is C20H30N2O6S. The molecule has 1 aliphatic rings. The molecule has 0 aliphatic carbocycles. The van der Waals surface area contributed by atoms with Gasteiger partial charge in [0.05, 0.1) is 11.0 Å². The molecule has 162 valence electrons. The van der Waals surface area contributed by atoms with E-state index in [1.54, 1.807) is 33.8 Å². The fourth-order valence-electron chi connectivity index (χ4n) is 3.05. The molecule has 1 heterocycles. The summed E-state index contributed by atoms with van der Waals surface area (Å²) in [6.45, 7) is 10.3. The first kappa shape index (κ1) is 23.3. The molecule has 1 saturated heterocycles. The fraction of sp³-hybridized carbons (Fsp3) is 0.600. The summed E-state index contributed by atoms with van der Waals surface area (Å²) in [5.74, 6) is -1.33. The van der Waals surface area contributed by atoms with Gasteiger partial charge in [-0.05, 0) is 64.8 Å². The molecule has 3 atom stereocenters.